The lowest BCUT2D eigenvalue weighted by molar-refractivity contribution is 0.181. The second kappa shape index (κ2) is 5.08. The molecular formula is C11H14N4O3S. The van der Waals surface area contributed by atoms with Crippen molar-refractivity contribution in [2.45, 2.75) is 18.6 Å². The third-order valence-corrected chi connectivity index (χ3v) is 3.30. The van der Waals surface area contributed by atoms with Crippen LogP contribution in [0.2, 0.25) is 0 Å². The van der Waals surface area contributed by atoms with E-state index in [1.54, 1.807) is 18.3 Å². The van der Waals surface area contributed by atoms with Gasteiger partial charge < -0.3 is 4.74 Å². The molecule has 0 aliphatic rings. The maximum Gasteiger partial charge on any atom is 0.255 e. The Morgan fingerprint density at radius 1 is 1.42 bits per heavy atom. The third kappa shape index (κ3) is 2.98. The molecule has 2 aromatic heterocycles. The van der Waals surface area contributed by atoms with Crippen LogP contribution >= 0.6 is 0 Å². The summed E-state index contributed by atoms with van der Waals surface area (Å²) in [6.45, 7) is 2.07. The number of pyridine rings is 1. The third-order valence-electron chi connectivity index (χ3n) is 2.43. The van der Waals surface area contributed by atoms with E-state index in [2.05, 4.69) is 10.1 Å². The zero-order chi connectivity index (χ0) is 14.0. The van der Waals surface area contributed by atoms with Gasteiger partial charge in [-0.1, -0.05) is 0 Å². The Morgan fingerprint density at radius 3 is 2.74 bits per heavy atom. The van der Waals surface area contributed by atoms with Crippen LogP contribution < -0.4 is 5.14 Å². The molecule has 2 N–H and O–H groups in total. The largest absolute Gasteiger partial charge is 0.378 e. The lowest BCUT2D eigenvalue weighted by Crippen LogP contribution is -2.17. The van der Waals surface area contributed by atoms with E-state index in [1.807, 2.05) is 6.92 Å². The van der Waals surface area contributed by atoms with E-state index < -0.39 is 10.0 Å². The summed E-state index contributed by atoms with van der Waals surface area (Å²) in [5.41, 5.74) is 1.41. The summed E-state index contributed by atoms with van der Waals surface area (Å²) in [6, 6.07) is 4.90. The number of hydrogen-bond acceptors (Lipinski definition) is 5. The fourth-order valence-corrected chi connectivity index (χ4v) is 2.31. The van der Waals surface area contributed by atoms with Crippen molar-refractivity contribution in [3.05, 3.63) is 35.7 Å². The first-order valence-electron chi connectivity index (χ1n) is 5.45. The van der Waals surface area contributed by atoms with Gasteiger partial charge in [0.1, 0.15) is 0 Å². The van der Waals surface area contributed by atoms with Crippen molar-refractivity contribution in [2.24, 2.45) is 5.14 Å². The van der Waals surface area contributed by atoms with Gasteiger partial charge in [0, 0.05) is 19.4 Å². The van der Waals surface area contributed by atoms with Crippen LogP contribution in [-0.2, 0) is 21.4 Å². The van der Waals surface area contributed by atoms with Crippen molar-refractivity contribution in [3.63, 3.8) is 0 Å². The highest BCUT2D eigenvalue weighted by molar-refractivity contribution is 7.89. The van der Waals surface area contributed by atoms with E-state index in [9.17, 15) is 8.42 Å². The van der Waals surface area contributed by atoms with Crippen LogP contribution in [0.5, 0.6) is 0 Å². The van der Waals surface area contributed by atoms with Gasteiger partial charge >= 0.3 is 0 Å². The molecule has 0 atom stereocenters. The molecule has 19 heavy (non-hydrogen) atoms. The highest BCUT2D eigenvalue weighted by atomic mass is 32.2. The summed E-state index contributed by atoms with van der Waals surface area (Å²) in [5.74, 6) is 0.395. The van der Waals surface area contributed by atoms with Crippen LogP contribution in [-0.4, -0.2) is 30.3 Å². The quantitative estimate of drug-likeness (QED) is 0.873. The monoisotopic (exact) mass is 282 g/mol. The van der Waals surface area contributed by atoms with Gasteiger partial charge in [0.15, 0.2) is 10.8 Å². The molecule has 0 spiro atoms. The Balaban J connectivity index is 2.61. The lowest BCUT2D eigenvalue weighted by atomic mass is 10.3. The van der Waals surface area contributed by atoms with Crippen LogP contribution in [0.15, 0.2) is 29.4 Å². The standard InChI is InChI=1S/C11H14N4O3S/c1-8-3-4-13-10(5-8)15-11(19(12,16)17)6-9(14-15)7-18-2/h3-6H,7H2,1-2H3,(H2,12,16,17). The van der Waals surface area contributed by atoms with Crippen LogP contribution in [0.1, 0.15) is 11.3 Å². The number of rotatable bonds is 4. The molecule has 0 radical (unpaired) electrons. The van der Waals surface area contributed by atoms with Gasteiger partial charge in [-0.15, -0.1) is 0 Å². The molecule has 0 aliphatic heterocycles. The molecular weight excluding hydrogens is 268 g/mol. The number of methoxy groups -OCH3 is 1. The van der Waals surface area contributed by atoms with Gasteiger partial charge in [-0.2, -0.15) is 5.10 Å². The van der Waals surface area contributed by atoms with Gasteiger partial charge in [0.25, 0.3) is 10.0 Å². The molecule has 0 bridgehead atoms. The Hall–Kier alpha value is -1.77. The Bertz CT molecular complexity index is 694. The molecule has 0 unspecified atom stereocenters. The first-order valence-corrected chi connectivity index (χ1v) is 7.00. The minimum absolute atomic E-state index is 0.113. The molecule has 0 amide bonds. The summed E-state index contributed by atoms with van der Waals surface area (Å²) in [5, 5.41) is 9.22. The number of primary sulfonamides is 1. The van der Waals surface area contributed by atoms with Crippen LogP contribution in [0.3, 0.4) is 0 Å². The van der Waals surface area contributed by atoms with Crippen molar-refractivity contribution in [2.75, 3.05) is 7.11 Å². The van der Waals surface area contributed by atoms with Crippen molar-refractivity contribution in [3.8, 4) is 5.82 Å². The minimum Gasteiger partial charge on any atom is -0.378 e. The smallest absolute Gasteiger partial charge is 0.255 e. The van der Waals surface area contributed by atoms with Crippen molar-refractivity contribution < 1.29 is 13.2 Å². The Morgan fingerprint density at radius 2 is 2.16 bits per heavy atom. The summed E-state index contributed by atoms with van der Waals surface area (Å²) in [6.07, 6.45) is 1.58. The Labute approximate surface area is 111 Å². The molecule has 0 aromatic carbocycles. The van der Waals surface area contributed by atoms with Crippen molar-refractivity contribution >= 4 is 10.0 Å². The van der Waals surface area contributed by atoms with Crippen LogP contribution in [0.25, 0.3) is 5.82 Å². The molecule has 0 saturated carbocycles. The molecule has 2 rings (SSSR count). The van der Waals surface area contributed by atoms with Gasteiger partial charge in [0.05, 0.1) is 12.3 Å². The summed E-state index contributed by atoms with van der Waals surface area (Å²) < 4.78 is 29.3. The highest BCUT2D eigenvalue weighted by Crippen LogP contribution is 2.16. The number of ether oxygens (including phenoxy) is 1. The summed E-state index contributed by atoms with van der Waals surface area (Å²) in [4.78, 5) is 4.10. The maximum absolute atomic E-state index is 11.6. The highest BCUT2D eigenvalue weighted by Gasteiger charge is 2.19. The van der Waals surface area contributed by atoms with E-state index in [1.165, 1.54) is 17.9 Å². The van der Waals surface area contributed by atoms with E-state index in [0.717, 1.165) is 5.56 Å². The first-order chi connectivity index (χ1) is 8.91. The van der Waals surface area contributed by atoms with Crippen LogP contribution in [0, 0.1) is 6.92 Å². The average Bonchev–Trinajstić information content (AvgIpc) is 2.73. The fraction of sp³-hybridized carbons (Fsp3) is 0.273. The number of hydrogen-bond donors (Lipinski definition) is 1. The SMILES string of the molecule is COCc1cc(S(N)(=O)=O)n(-c2cc(C)ccn2)n1. The number of aromatic nitrogens is 3. The van der Waals surface area contributed by atoms with Crippen LogP contribution in [0.4, 0.5) is 0 Å². The molecule has 102 valence electrons. The van der Waals surface area contributed by atoms with Gasteiger partial charge in [-0.25, -0.2) is 23.2 Å². The van der Waals surface area contributed by atoms with Crippen molar-refractivity contribution in [1.29, 1.82) is 0 Å². The number of aryl methyl sites for hydroxylation is 1. The number of nitrogens with two attached hydrogens (primary N) is 1. The first kappa shape index (κ1) is 13.7. The van der Waals surface area contributed by atoms with Gasteiger partial charge in [-0.3, -0.25) is 0 Å². The Kier molecular flexibility index (Phi) is 3.65. The molecule has 7 nitrogen and oxygen atoms in total. The molecule has 2 aromatic rings. The zero-order valence-electron chi connectivity index (χ0n) is 10.6. The molecule has 2 heterocycles. The number of nitrogens with zero attached hydrogens (tertiary/aromatic N) is 3. The van der Waals surface area contributed by atoms with Crippen molar-refractivity contribution in [1.82, 2.24) is 14.8 Å². The van der Waals surface area contributed by atoms with E-state index >= 15 is 0 Å². The molecule has 0 aliphatic carbocycles. The predicted molar refractivity (Wildman–Crippen MR) is 68.2 cm³/mol. The molecule has 0 saturated heterocycles. The average molecular weight is 282 g/mol. The fourth-order valence-electron chi connectivity index (χ4n) is 1.63. The normalized spacial score (nSPS) is 11.7. The predicted octanol–water partition coefficient (Wildman–Crippen LogP) is 0.370. The second-order valence-electron chi connectivity index (χ2n) is 4.06. The van der Waals surface area contributed by atoms with E-state index in [0.29, 0.717) is 11.5 Å². The number of sulfonamides is 1. The molecule has 8 heteroatoms. The summed E-state index contributed by atoms with van der Waals surface area (Å²) >= 11 is 0. The van der Waals surface area contributed by atoms with Gasteiger partial charge in [-0.05, 0) is 24.6 Å². The van der Waals surface area contributed by atoms with E-state index in [-0.39, 0.29) is 11.6 Å². The summed E-state index contributed by atoms with van der Waals surface area (Å²) in [7, 11) is -2.39. The topological polar surface area (TPSA) is 100 Å². The second-order valence-corrected chi connectivity index (χ2v) is 5.56. The zero-order valence-corrected chi connectivity index (χ0v) is 11.4. The van der Waals surface area contributed by atoms with Gasteiger partial charge in [0.2, 0.25) is 0 Å². The van der Waals surface area contributed by atoms with E-state index in [4.69, 9.17) is 9.88 Å². The molecule has 0 fully saturated rings. The maximum atomic E-state index is 11.6. The minimum atomic E-state index is -3.89. The lowest BCUT2D eigenvalue weighted by Gasteiger charge is -2.05.